The minimum absolute atomic E-state index is 0.0209. The molecular formula is C23H23Cl2N3O3. The van der Waals surface area contributed by atoms with E-state index >= 15 is 0 Å². The number of aliphatic hydroxyl groups is 1. The van der Waals surface area contributed by atoms with Gasteiger partial charge in [-0.25, -0.2) is 4.98 Å². The second-order valence-electron chi connectivity index (χ2n) is 7.51. The van der Waals surface area contributed by atoms with Gasteiger partial charge in [-0.05, 0) is 37.6 Å². The van der Waals surface area contributed by atoms with Crippen LogP contribution >= 0.6 is 23.2 Å². The quantitative estimate of drug-likeness (QED) is 0.555. The molecule has 1 saturated heterocycles. The van der Waals surface area contributed by atoms with Crippen LogP contribution in [-0.4, -0.2) is 34.4 Å². The minimum Gasteiger partial charge on any atom is -0.482 e. The average molecular weight is 460 g/mol. The molecular weight excluding hydrogens is 437 g/mol. The van der Waals surface area contributed by atoms with E-state index in [0.29, 0.717) is 34.6 Å². The summed E-state index contributed by atoms with van der Waals surface area (Å²) in [5.41, 5.74) is 9.27. The summed E-state index contributed by atoms with van der Waals surface area (Å²) in [4.78, 5) is 8.84. The van der Waals surface area contributed by atoms with E-state index in [4.69, 9.17) is 38.4 Å². The Labute approximate surface area is 191 Å². The highest BCUT2D eigenvalue weighted by molar-refractivity contribution is 6.36. The van der Waals surface area contributed by atoms with Gasteiger partial charge in [0.25, 0.3) is 0 Å². The second-order valence-corrected chi connectivity index (χ2v) is 8.33. The molecule has 3 heterocycles. The third-order valence-corrected chi connectivity index (χ3v) is 6.08. The Kier molecular flexibility index (Phi) is 6.62. The van der Waals surface area contributed by atoms with Crippen LogP contribution < -0.4 is 10.5 Å². The number of hydrogen-bond acceptors (Lipinski definition) is 6. The highest BCUT2D eigenvalue weighted by Gasteiger charge is 2.26. The highest BCUT2D eigenvalue weighted by Crippen LogP contribution is 2.36. The first-order valence-corrected chi connectivity index (χ1v) is 10.8. The summed E-state index contributed by atoms with van der Waals surface area (Å²) in [7, 11) is 0. The molecule has 1 aliphatic heterocycles. The van der Waals surface area contributed by atoms with E-state index < -0.39 is 12.2 Å². The van der Waals surface area contributed by atoms with Gasteiger partial charge in [-0.3, -0.25) is 4.98 Å². The predicted octanol–water partition coefficient (Wildman–Crippen LogP) is 5.04. The molecule has 2 aromatic heterocycles. The average Bonchev–Trinajstić information content (AvgIpc) is 2.76. The standard InChI is InChI=1S/C23H23Cl2N3O3/c1-13(22-17(24)3-2-4-18(22)25)31-21-9-15(11-28-23(21)26)14-5-6-19(27-10-14)16-7-8-30-12-20(16)29/h2-6,9-11,13,16,20,29H,7-8,12H2,1H3,(H2,26,28). The topological polar surface area (TPSA) is 90.5 Å². The van der Waals surface area contributed by atoms with Crippen molar-refractivity contribution in [1.82, 2.24) is 9.97 Å². The summed E-state index contributed by atoms with van der Waals surface area (Å²) in [6.45, 7) is 2.82. The third kappa shape index (κ3) is 4.77. The first kappa shape index (κ1) is 21.8. The number of halogens is 2. The number of pyridine rings is 2. The molecule has 3 atom stereocenters. The molecule has 1 aromatic carbocycles. The van der Waals surface area contributed by atoms with Crippen LogP contribution in [0.2, 0.25) is 10.0 Å². The monoisotopic (exact) mass is 459 g/mol. The summed E-state index contributed by atoms with van der Waals surface area (Å²) in [5.74, 6) is 0.686. The zero-order valence-corrected chi connectivity index (χ0v) is 18.5. The lowest BCUT2D eigenvalue weighted by Gasteiger charge is -2.27. The van der Waals surface area contributed by atoms with E-state index in [1.165, 1.54) is 0 Å². The van der Waals surface area contributed by atoms with Crippen LogP contribution in [0.25, 0.3) is 11.1 Å². The molecule has 1 fully saturated rings. The molecule has 0 radical (unpaired) electrons. The lowest BCUT2D eigenvalue weighted by atomic mass is 9.93. The lowest BCUT2D eigenvalue weighted by Crippen LogP contribution is -2.31. The van der Waals surface area contributed by atoms with Crippen molar-refractivity contribution in [3.63, 3.8) is 0 Å². The van der Waals surface area contributed by atoms with Gasteiger partial charge in [-0.15, -0.1) is 0 Å². The number of ether oxygens (including phenoxy) is 2. The van der Waals surface area contributed by atoms with Crippen molar-refractivity contribution in [2.45, 2.75) is 31.5 Å². The van der Waals surface area contributed by atoms with Gasteiger partial charge in [-0.2, -0.15) is 0 Å². The first-order valence-electron chi connectivity index (χ1n) is 10.0. The van der Waals surface area contributed by atoms with Gasteiger partial charge in [0.2, 0.25) is 0 Å². The Morgan fingerprint density at radius 1 is 1.13 bits per heavy atom. The molecule has 8 heteroatoms. The number of aliphatic hydroxyl groups excluding tert-OH is 1. The predicted molar refractivity (Wildman–Crippen MR) is 122 cm³/mol. The van der Waals surface area contributed by atoms with E-state index in [1.54, 1.807) is 30.6 Å². The maximum absolute atomic E-state index is 10.2. The molecule has 3 aromatic rings. The summed E-state index contributed by atoms with van der Waals surface area (Å²) < 4.78 is 11.4. The molecule has 0 aliphatic carbocycles. The summed E-state index contributed by atoms with van der Waals surface area (Å²) in [6.07, 6.45) is 3.23. The van der Waals surface area contributed by atoms with Crippen molar-refractivity contribution in [3.05, 3.63) is 70.1 Å². The van der Waals surface area contributed by atoms with Crippen molar-refractivity contribution < 1.29 is 14.6 Å². The fraction of sp³-hybridized carbons (Fsp3) is 0.304. The van der Waals surface area contributed by atoms with Crippen LogP contribution in [0.15, 0.2) is 48.8 Å². The van der Waals surface area contributed by atoms with Gasteiger partial charge in [0, 0.05) is 57.3 Å². The van der Waals surface area contributed by atoms with Crippen molar-refractivity contribution in [2.75, 3.05) is 18.9 Å². The minimum atomic E-state index is -0.539. The van der Waals surface area contributed by atoms with Crippen molar-refractivity contribution >= 4 is 29.0 Å². The fourth-order valence-electron chi connectivity index (χ4n) is 3.72. The molecule has 3 unspecified atom stereocenters. The summed E-state index contributed by atoms with van der Waals surface area (Å²) >= 11 is 12.6. The molecule has 4 rings (SSSR count). The number of nitrogens with two attached hydrogens (primary N) is 1. The van der Waals surface area contributed by atoms with Gasteiger partial charge in [0.15, 0.2) is 11.6 Å². The number of hydrogen-bond donors (Lipinski definition) is 2. The van der Waals surface area contributed by atoms with E-state index in [1.807, 2.05) is 25.1 Å². The van der Waals surface area contributed by atoms with Gasteiger partial charge in [0.05, 0.1) is 12.7 Å². The molecule has 0 bridgehead atoms. The SMILES string of the molecule is CC(Oc1cc(-c2ccc(C3CCOCC3O)nc2)cnc1N)c1c(Cl)cccc1Cl. The Morgan fingerprint density at radius 2 is 1.87 bits per heavy atom. The maximum atomic E-state index is 10.2. The molecule has 6 nitrogen and oxygen atoms in total. The maximum Gasteiger partial charge on any atom is 0.166 e. The van der Waals surface area contributed by atoms with Gasteiger partial charge in [-0.1, -0.05) is 35.3 Å². The highest BCUT2D eigenvalue weighted by atomic mass is 35.5. The molecule has 31 heavy (non-hydrogen) atoms. The smallest absolute Gasteiger partial charge is 0.166 e. The molecule has 1 aliphatic rings. The van der Waals surface area contributed by atoms with Gasteiger partial charge in [0.1, 0.15) is 6.10 Å². The lowest BCUT2D eigenvalue weighted by molar-refractivity contribution is -0.0214. The second kappa shape index (κ2) is 9.40. The van der Waals surface area contributed by atoms with Crippen LogP contribution in [0, 0.1) is 0 Å². The summed E-state index contributed by atoms with van der Waals surface area (Å²) in [6, 6.07) is 11.0. The van der Waals surface area contributed by atoms with E-state index in [2.05, 4.69) is 9.97 Å². The number of benzene rings is 1. The molecule has 162 valence electrons. The van der Waals surface area contributed by atoms with Gasteiger partial charge < -0.3 is 20.3 Å². The largest absolute Gasteiger partial charge is 0.482 e. The normalized spacial score (nSPS) is 19.7. The molecule has 0 spiro atoms. The Hall–Kier alpha value is -2.38. The van der Waals surface area contributed by atoms with Crippen LogP contribution in [0.4, 0.5) is 5.82 Å². The van der Waals surface area contributed by atoms with E-state index in [9.17, 15) is 5.11 Å². The Balaban J connectivity index is 1.56. The zero-order chi connectivity index (χ0) is 22.0. The first-order chi connectivity index (χ1) is 14.9. The fourth-order valence-corrected chi connectivity index (χ4v) is 4.42. The van der Waals surface area contributed by atoms with E-state index in [-0.39, 0.29) is 11.7 Å². The van der Waals surface area contributed by atoms with Crippen LogP contribution in [0.1, 0.15) is 36.6 Å². The molecule has 0 saturated carbocycles. The van der Waals surface area contributed by atoms with Crippen LogP contribution in [-0.2, 0) is 4.74 Å². The van der Waals surface area contributed by atoms with Crippen LogP contribution in [0.5, 0.6) is 5.75 Å². The number of rotatable bonds is 5. The number of anilines is 1. The van der Waals surface area contributed by atoms with Crippen molar-refractivity contribution in [2.24, 2.45) is 0 Å². The number of nitrogen functional groups attached to an aromatic ring is 1. The Morgan fingerprint density at radius 3 is 2.55 bits per heavy atom. The van der Waals surface area contributed by atoms with Crippen LogP contribution in [0.3, 0.4) is 0 Å². The van der Waals surface area contributed by atoms with Gasteiger partial charge >= 0.3 is 0 Å². The third-order valence-electron chi connectivity index (χ3n) is 5.42. The number of nitrogens with zero attached hydrogens (tertiary/aromatic N) is 2. The van der Waals surface area contributed by atoms with E-state index in [0.717, 1.165) is 23.2 Å². The van der Waals surface area contributed by atoms with Crippen molar-refractivity contribution in [3.8, 4) is 16.9 Å². The molecule has 3 N–H and O–H groups in total. The zero-order valence-electron chi connectivity index (χ0n) is 17.0. The summed E-state index contributed by atoms with van der Waals surface area (Å²) in [5, 5.41) is 11.2. The molecule has 0 amide bonds. The Bertz CT molecular complexity index is 1040. The van der Waals surface area contributed by atoms with Crippen molar-refractivity contribution in [1.29, 1.82) is 0 Å². The number of aromatic nitrogens is 2.